The maximum atomic E-state index is 3.62. The summed E-state index contributed by atoms with van der Waals surface area (Å²) in [6.07, 6.45) is 0. The number of benzene rings is 1. The summed E-state index contributed by atoms with van der Waals surface area (Å²) in [5.74, 6) is 0. The molecule has 1 atom stereocenters. The molecule has 1 aromatic heterocycles. The molecule has 0 aliphatic rings. The van der Waals surface area contributed by atoms with Crippen LogP contribution in [-0.2, 0) is 0 Å². The Morgan fingerprint density at radius 3 is 2.56 bits per heavy atom. The Morgan fingerprint density at radius 1 is 1.22 bits per heavy atom. The van der Waals surface area contributed by atoms with E-state index in [2.05, 4.69) is 72.3 Å². The van der Waals surface area contributed by atoms with Crippen molar-refractivity contribution in [3.8, 4) is 0 Å². The molecule has 96 valence electrons. The molecule has 2 rings (SSSR count). The van der Waals surface area contributed by atoms with E-state index in [9.17, 15) is 0 Å². The van der Waals surface area contributed by atoms with Crippen molar-refractivity contribution >= 4 is 27.3 Å². The van der Waals surface area contributed by atoms with Crippen molar-refractivity contribution < 1.29 is 0 Å². The van der Waals surface area contributed by atoms with Crippen molar-refractivity contribution in [2.24, 2.45) is 0 Å². The van der Waals surface area contributed by atoms with E-state index in [4.69, 9.17) is 0 Å². The van der Waals surface area contributed by atoms with E-state index < -0.39 is 0 Å². The first-order valence-corrected chi connectivity index (χ1v) is 7.78. The zero-order valence-corrected chi connectivity index (χ0v) is 13.4. The van der Waals surface area contributed by atoms with Gasteiger partial charge in [-0.1, -0.05) is 35.0 Å². The maximum Gasteiger partial charge on any atom is 0.0671 e. The number of aryl methyl sites for hydroxylation is 2. The molecule has 0 aliphatic carbocycles. The molecule has 0 aliphatic heterocycles. The number of thiophene rings is 1. The molecule has 2 aromatic rings. The summed E-state index contributed by atoms with van der Waals surface area (Å²) in [7, 11) is 0. The van der Waals surface area contributed by atoms with Gasteiger partial charge in [-0.2, -0.15) is 0 Å². The Balaban J connectivity index is 2.37. The highest BCUT2D eigenvalue weighted by atomic mass is 79.9. The van der Waals surface area contributed by atoms with Crippen LogP contribution in [0.5, 0.6) is 0 Å². The molecule has 0 spiro atoms. The molecular weight excluding hydrogens is 306 g/mol. The third-order valence-corrected chi connectivity index (χ3v) is 4.90. The predicted octanol–water partition coefficient (Wildman–Crippen LogP) is 4.83. The van der Waals surface area contributed by atoms with E-state index in [1.807, 2.05) is 11.3 Å². The van der Waals surface area contributed by atoms with Gasteiger partial charge >= 0.3 is 0 Å². The van der Waals surface area contributed by atoms with Crippen molar-refractivity contribution in [3.63, 3.8) is 0 Å². The number of hydrogen-bond donors (Lipinski definition) is 1. The summed E-state index contributed by atoms with van der Waals surface area (Å²) in [5.41, 5.74) is 2.59. The maximum absolute atomic E-state index is 3.62. The molecule has 0 fully saturated rings. The fraction of sp³-hybridized carbons (Fsp3) is 0.333. The molecule has 3 heteroatoms. The second-order valence-corrected chi connectivity index (χ2v) is 6.62. The lowest BCUT2D eigenvalue weighted by molar-refractivity contribution is 0.639. The van der Waals surface area contributed by atoms with Gasteiger partial charge in [-0.05, 0) is 49.7 Å². The minimum atomic E-state index is 0.297. The first-order chi connectivity index (χ1) is 8.61. The lowest BCUT2D eigenvalue weighted by Crippen LogP contribution is -2.21. The number of hydrogen-bond acceptors (Lipinski definition) is 2. The van der Waals surface area contributed by atoms with Crippen LogP contribution in [-0.4, -0.2) is 6.54 Å². The van der Waals surface area contributed by atoms with Gasteiger partial charge in [0.05, 0.1) is 6.04 Å². The summed E-state index contributed by atoms with van der Waals surface area (Å²) in [4.78, 5) is 2.74. The summed E-state index contributed by atoms with van der Waals surface area (Å²) in [5, 5.41) is 3.56. The molecule has 0 saturated heterocycles. The lowest BCUT2D eigenvalue weighted by atomic mass is 10.0. The van der Waals surface area contributed by atoms with E-state index in [-0.39, 0.29) is 0 Å². The Labute approximate surface area is 121 Å². The van der Waals surface area contributed by atoms with Gasteiger partial charge in [-0.15, -0.1) is 11.3 Å². The molecule has 1 unspecified atom stereocenters. The Kier molecular flexibility index (Phi) is 4.60. The van der Waals surface area contributed by atoms with Crippen molar-refractivity contribution in [1.29, 1.82) is 0 Å². The smallest absolute Gasteiger partial charge is 0.0671 e. The fourth-order valence-corrected chi connectivity index (χ4v) is 3.36. The van der Waals surface area contributed by atoms with E-state index in [1.165, 1.54) is 25.4 Å². The molecule has 1 heterocycles. The second-order valence-electron chi connectivity index (χ2n) is 4.45. The van der Waals surface area contributed by atoms with Gasteiger partial charge in [-0.3, -0.25) is 0 Å². The lowest BCUT2D eigenvalue weighted by Gasteiger charge is -2.17. The third-order valence-electron chi connectivity index (χ3n) is 2.98. The van der Waals surface area contributed by atoms with Crippen LogP contribution in [0.3, 0.4) is 0 Å². The number of halogens is 1. The quantitative estimate of drug-likeness (QED) is 0.850. The highest BCUT2D eigenvalue weighted by Gasteiger charge is 2.15. The molecule has 1 N–H and O–H groups in total. The Bertz CT molecular complexity index is 533. The van der Waals surface area contributed by atoms with Crippen LogP contribution in [0.15, 0.2) is 34.8 Å². The monoisotopic (exact) mass is 323 g/mol. The largest absolute Gasteiger partial charge is 0.306 e. The first-order valence-electron chi connectivity index (χ1n) is 6.17. The third kappa shape index (κ3) is 3.02. The van der Waals surface area contributed by atoms with Crippen LogP contribution in [0.4, 0.5) is 0 Å². The molecule has 18 heavy (non-hydrogen) atoms. The zero-order chi connectivity index (χ0) is 13.1. The average molecular weight is 324 g/mol. The normalized spacial score (nSPS) is 12.7. The van der Waals surface area contributed by atoms with Crippen LogP contribution in [0.25, 0.3) is 0 Å². The highest BCUT2D eigenvalue weighted by Crippen LogP contribution is 2.30. The summed E-state index contributed by atoms with van der Waals surface area (Å²) in [6.45, 7) is 7.39. The van der Waals surface area contributed by atoms with Gasteiger partial charge in [0.1, 0.15) is 0 Å². The van der Waals surface area contributed by atoms with Crippen LogP contribution in [0.1, 0.15) is 33.8 Å². The average Bonchev–Trinajstić information content (AvgIpc) is 2.76. The fourth-order valence-electron chi connectivity index (χ4n) is 1.98. The Morgan fingerprint density at radius 2 is 2.00 bits per heavy atom. The van der Waals surface area contributed by atoms with Crippen molar-refractivity contribution in [1.82, 2.24) is 5.32 Å². The van der Waals surface area contributed by atoms with Crippen molar-refractivity contribution in [2.75, 3.05) is 6.54 Å². The van der Waals surface area contributed by atoms with E-state index in [0.29, 0.717) is 6.04 Å². The molecule has 1 aromatic carbocycles. The molecular formula is C15H18BrNS. The predicted molar refractivity (Wildman–Crippen MR) is 83.5 cm³/mol. The van der Waals surface area contributed by atoms with Crippen LogP contribution in [0.2, 0.25) is 0 Å². The topological polar surface area (TPSA) is 12.0 Å². The SMILES string of the molecule is CCNC(c1ccc(C)c(Br)c1)c1ccc(C)s1. The van der Waals surface area contributed by atoms with Crippen molar-refractivity contribution in [2.45, 2.75) is 26.8 Å². The van der Waals surface area contributed by atoms with Gasteiger partial charge in [-0.25, -0.2) is 0 Å². The molecule has 0 amide bonds. The van der Waals surface area contributed by atoms with E-state index in [0.717, 1.165) is 6.54 Å². The van der Waals surface area contributed by atoms with Gasteiger partial charge in [0.15, 0.2) is 0 Å². The summed E-state index contributed by atoms with van der Waals surface area (Å²) in [6, 6.07) is 11.3. The Hall–Kier alpha value is -0.640. The van der Waals surface area contributed by atoms with Gasteiger partial charge in [0.2, 0.25) is 0 Å². The molecule has 0 saturated carbocycles. The minimum absolute atomic E-state index is 0.297. The van der Waals surface area contributed by atoms with Crippen LogP contribution < -0.4 is 5.32 Å². The number of rotatable bonds is 4. The van der Waals surface area contributed by atoms with Crippen molar-refractivity contribution in [3.05, 3.63) is 55.7 Å². The second kappa shape index (κ2) is 6.00. The van der Waals surface area contributed by atoms with Crippen LogP contribution >= 0.6 is 27.3 Å². The van der Waals surface area contributed by atoms with Gasteiger partial charge in [0.25, 0.3) is 0 Å². The van der Waals surface area contributed by atoms with E-state index >= 15 is 0 Å². The summed E-state index contributed by atoms with van der Waals surface area (Å²) >= 11 is 5.48. The van der Waals surface area contributed by atoms with Gasteiger partial charge < -0.3 is 5.32 Å². The highest BCUT2D eigenvalue weighted by molar-refractivity contribution is 9.10. The standard InChI is InChI=1S/C15H18BrNS/c1-4-17-15(14-8-6-11(3)18-14)12-7-5-10(2)13(16)9-12/h5-9,15,17H,4H2,1-3H3. The molecule has 0 radical (unpaired) electrons. The first kappa shape index (κ1) is 13.8. The molecule has 0 bridgehead atoms. The van der Waals surface area contributed by atoms with Crippen LogP contribution in [0, 0.1) is 13.8 Å². The molecule has 1 nitrogen and oxygen atoms in total. The number of nitrogens with one attached hydrogen (secondary N) is 1. The minimum Gasteiger partial charge on any atom is -0.306 e. The summed E-state index contributed by atoms with van der Waals surface area (Å²) < 4.78 is 1.18. The zero-order valence-electron chi connectivity index (χ0n) is 11.0. The van der Waals surface area contributed by atoms with E-state index in [1.54, 1.807) is 0 Å². The van der Waals surface area contributed by atoms with Gasteiger partial charge in [0, 0.05) is 14.2 Å².